The van der Waals surface area contributed by atoms with Gasteiger partial charge in [-0.05, 0) is 38.1 Å². The van der Waals surface area contributed by atoms with Crippen LogP contribution >= 0.6 is 11.3 Å². The molecule has 0 radical (unpaired) electrons. The Morgan fingerprint density at radius 3 is 2.67 bits per heavy atom. The Bertz CT molecular complexity index is 784. The van der Waals surface area contributed by atoms with Crippen molar-refractivity contribution < 1.29 is 0 Å². The zero-order valence-electron chi connectivity index (χ0n) is 11.8. The molecule has 2 aromatic heterocycles. The van der Waals surface area contributed by atoms with Gasteiger partial charge in [-0.2, -0.15) is 0 Å². The fraction of sp³-hybridized carbons (Fsp3) is 0.200. The summed E-state index contributed by atoms with van der Waals surface area (Å²) in [5.41, 5.74) is 4.65. The van der Waals surface area contributed by atoms with Crippen LogP contribution in [-0.2, 0) is 0 Å². The monoisotopic (exact) mass is 300 g/mol. The molecule has 1 unspecified atom stereocenters. The predicted octanol–water partition coefficient (Wildman–Crippen LogP) is 3.10. The zero-order chi connectivity index (χ0) is 14.8. The van der Waals surface area contributed by atoms with Crippen LogP contribution in [0.25, 0.3) is 5.69 Å². The molecule has 6 heteroatoms. The number of anilines is 1. The average molecular weight is 300 g/mol. The third-order valence-electron chi connectivity index (χ3n) is 3.35. The molecule has 0 aliphatic heterocycles. The molecule has 3 rings (SSSR count). The summed E-state index contributed by atoms with van der Waals surface area (Å²) >= 11 is 1.66. The fourth-order valence-corrected chi connectivity index (χ4v) is 3.09. The topological polar surface area (TPSA) is 62.7 Å². The number of aromatic amines is 1. The second kappa shape index (κ2) is 5.57. The fourth-order valence-electron chi connectivity index (χ4n) is 2.28. The first-order valence-corrected chi connectivity index (χ1v) is 7.56. The Kier molecular flexibility index (Phi) is 3.62. The van der Waals surface area contributed by atoms with Gasteiger partial charge < -0.3 is 10.3 Å². The second-order valence-electron chi connectivity index (χ2n) is 4.85. The second-order valence-corrected chi connectivity index (χ2v) is 5.74. The summed E-state index contributed by atoms with van der Waals surface area (Å²) in [4.78, 5) is 19.7. The van der Waals surface area contributed by atoms with E-state index in [2.05, 4.69) is 22.2 Å². The maximum Gasteiger partial charge on any atom is 0.330 e. The van der Waals surface area contributed by atoms with Gasteiger partial charge in [0.25, 0.3) is 0 Å². The molecule has 0 fully saturated rings. The number of imidazole rings is 1. The molecule has 0 aliphatic carbocycles. The molecule has 1 aromatic carbocycles. The number of benzene rings is 1. The van der Waals surface area contributed by atoms with Gasteiger partial charge in [-0.15, -0.1) is 11.3 Å². The van der Waals surface area contributed by atoms with Crippen LogP contribution in [0, 0.1) is 6.92 Å². The Hall–Kier alpha value is -2.34. The van der Waals surface area contributed by atoms with E-state index in [-0.39, 0.29) is 11.7 Å². The van der Waals surface area contributed by atoms with Crippen molar-refractivity contribution in [3.63, 3.8) is 0 Å². The first kappa shape index (κ1) is 13.6. The quantitative estimate of drug-likeness (QED) is 0.778. The van der Waals surface area contributed by atoms with E-state index in [1.54, 1.807) is 28.3 Å². The Morgan fingerprint density at radius 2 is 2.10 bits per heavy atom. The predicted molar refractivity (Wildman–Crippen MR) is 85.3 cm³/mol. The lowest BCUT2D eigenvalue weighted by atomic mass is 10.2. The van der Waals surface area contributed by atoms with Crippen LogP contribution in [0.4, 0.5) is 5.69 Å². The summed E-state index contributed by atoms with van der Waals surface area (Å²) in [6, 6.07) is 8.00. The van der Waals surface area contributed by atoms with Gasteiger partial charge in [0.05, 0.1) is 22.9 Å². The van der Waals surface area contributed by atoms with Crippen molar-refractivity contribution in [1.82, 2.24) is 14.5 Å². The maximum atomic E-state index is 11.6. The van der Waals surface area contributed by atoms with E-state index in [4.69, 9.17) is 0 Å². The average Bonchev–Trinajstić information content (AvgIpc) is 3.08. The van der Waals surface area contributed by atoms with Crippen LogP contribution < -0.4 is 11.0 Å². The first-order chi connectivity index (χ1) is 10.1. The van der Waals surface area contributed by atoms with Gasteiger partial charge in [0.15, 0.2) is 0 Å². The number of H-pyrrole nitrogens is 1. The van der Waals surface area contributed by atoms with Gasteiger partial charge in [-0.3, -0.25) is 4.57 Å². The number of aryl methyl sites for hydroxylation is 1. The van der Waals surface area contributed by atoms with Crippen molar-refractivity contribution in [2.24, 2.45) is 0 Å². The smallest absolute Gasteiger partial charge is 0.330 e. The maximum absolute atomic E-state index is 11.6. The largest absolute Gasteiger partial charge is 0.378 e. The number of thiazole rings is 1. The van der Waals surface area contributed by atoms with Crippen LogP contribution in [0.3, 0.4) is 0 Å². The number of hydrogen-bond acceptors (Lipinski definition) is 4. The molecule has 2 heterocycles. The van der Waals surface area contributed by atoms with Crippen LogP contribution in [0.2, 0.25) is 0 Å². The highest BCUT2D eigenvalue weighted by Gasteiger charge is 2.10. The summed E-state index contributed by atoms with van der Waals surface area (Å²) in [5, 5.41) is 3.45. The molecule has 0 bridgehead atoms. The van der Waals surface area contributed by atoms with Gasteiger partial charge in [0, 0.05) is 23.0 Å². The minimum atomic E-state index is -0.135. The van der Waals surface area contributed by atoms with E-state index >= 15 is 0 Å². The third kappa shape index (κ3) is 2.75. The Balaban J connectivity index is 1.78. The van der Waals surface area contributed by atoms with E-state index < -0.39 is 0 Å². The van der Waals surface area contributed by atoms with Crippen molar-refractivity contribution in [2.75, 3.05) is 5.32 Å². The molecular formula is C15H16N4OS. The van der Waals surface area contributed by atoms with E-state index in [0.29, 0.717) is 0 Å². The highest BCUT2D eigenvalue weighted by Crippen LogP contribution is 2.25. The van der Waals surface area contributed by atoms with E-state index in [1.807, 2.05) is 36.7 Å². The molecule has 2 N–H and O–H groups in total. The highest BCUT2D eigenvalue weighted by atomic mass is 32.1. The number of nitrogens with zero attached hydrogens (tertiary/aromatic N) is 2. The van der Waals surface area contributed by atoms with Crippen LogP contribution in [0.5, 0.6) is 0 Å². The molecule has 5 nitrogen and oxygen atoms in total. The normalized spacial score (nSPS) is 12.3. The molecule has 0 spiro atoms. The molecule has 0 saturated heterocycles. The molecule has 3 aromatic rings. The highest BCUT2D eigenvalue weighted by molar-refractivity contribution is 7.09. The molecular weight excluding hydrogens is 284 g/mol. The van der Waals surface area contributed by atoms with Crippen LogP contribution in [0.15, 0.2) is 47.0 Å². The lowest BCUT2D eigenvalue weighted by Crippen LogP contribution is -2.14. The summed E-state index contributed by atoms with van der Waals surface area (Å²) in [6.07, 6.45) is 3.34. The minimum Gasteiger partial charge on any atom is -0.378 e. The van der Waals surface area contributed by atoms with E-state index in [0.717, 1.165) is 17.1 Å². The van der Waals surface area contributed by atoms with E-state index in [1.165, 1.54) is 4.88 Å². The lowest BCUT2D eigenvalue weighted by Gasteiger charge is -2.14. The van der Waals surface area contributed by atoms with Gasteiger partial charge in [-0.1, -0.05) is 0 Å². The Labute approximate surface area is 126 Å². The van der Waals surface area contributed by atoms with Crippen LogP contribution in [-0.4, -0.2) is 14.5 Å². The number of rotatable bonds is 4. The summed E-state index contributed by atoms with van der Waals surface area (Å²) in [5.74, 6) is 0. The Morgan fingerprint density at radius 1 is 1.33 bits per heavy atom. The number of nitrogens with one attached hydrogen (secondary N) is 2. The van der Waals surface area contributed by atoms with Gasteiger partial charge in [0.1, 0.15) is 0 Å². The van der Waals surface area contributed by atoms with Crippen molar-refractivity contribution in [1.29, 1.82) is 0 Å². The molecule has 108 valence electrons. The minimum absolute atomic E-state index is 0.135. The molecule has 0 amide bonds. The van der Waals surface area contributed by atoms with Gasteiger partial charge in [0.2, 0.25) is 0 Å². The summed E-state index contributed by atoms with van der Waals surface area (Å²) < 4.78 is 1.57. The van der Waals surface area contributed by atoms with Crippen molar-refractivity contribution >= 4 is 17.0 Å². The van der Waals surface area contributed by atoms with Gasteiger partial charge in [-0.25, -0.2) is 9.78 Å². The van der Waals surface area contributed by atoms with Crippen LogP contribution in [0.1, 0.15) is 23.5 Å². The molecule has 0 aliphatic rings. The first-order valence-electron chi connectivity index (χ1n) is 6.68. The SMILES string of the molecule is Cc1ncsc1C(C)Nc1ccc(-n2cc[nH]c2=O)cc1. The lowest BCUT2D eigenvalue weighted by molar-refractivity contribution is 0.890. The van der Waals surface area contributed by atoms with Crippen molar-refractivity contribution in [2.45, 2.75) is 19.9 Å². The molecule has 0 saturated carbocycles. The van der Waals surface area contributed by atoms with Crippen molar-refractivity contribution in [3.8, 4) is 5.69 Å². The number of aromatic nitrogens is 3. The summed E-state index contributed by atoms with van der Waals surface area (Å²) in [7, 11) is 0. The standard InChI is InChI=1S/C15H16N4OS/c1-10-14(21-9-17-10)11(2)18-12-3-5-13(6-4-12)19-8-7-16-15(19)20/h3-9,11,18H,1-2H3,(H,16,20). The van der Waals surface area contributed by atoms with E-state index in [9.17, 15) is 4.79 Å². The summed E-state index contributed by atoms with van der Waals surface area (Å²) in [6.45, 7) is 4.14. The van der Waals surface area contributed by atoms with Crippen molar-refractivity contribution in [3.05, 3.63) is 63.2 Å². The zero-order valence-corrected chi connectivity index (χ0v) is 12.6. The van der Waals surface area contributed by atoms with Gasteiger partial charge >= 0.3 is 5.69 Å². The number of hydrogen-bond donors (Lipinski definition) is 2. The third-order valence-corrected chi connectivity index (χ3v) is 4.47. The molecule has 21 heavy (non-hydrogen) atoms. The molecule has 1 atom stereocenters.